The van der Waals surface area contributed by atoms with Crippen LogP contribution in [0.3, 0.4) is 0 Å². The molecule has 3 aromatic carbocycles. The summed E-state index contributed by atoms with van der Waals surface area (Å²) in [5.41, 5.74) is 2.86. The number of fused-ring (bicyclic) bond motifs is 3. The van der Waals surface area contributed by atoms with Crippen molar-refractivity contribution in [2.75, 3.05) is 19.6 Å². The first kappa shape index (κ1) is 20.0. The zero-order chi connectivity index (χ0) is 21.4. The molecule has 0 unspecified atom stereocenters. The average molecular weight is 410 g/mol. The first-order valence-electron chi connectivity index (χ1n) is 11.3. The fraction of sp³-hybridized carbons (Fsp3) is 0.321. The molecule has 0 aromatic heterocycles. The van der Waals surface area contributed by atoms with Gasteiger partial charge in [0.2, 0.25) is 0 Å². The number of piperidine rings is 3. The second-order valence-electron chi connectivity index (χ2n) is 9.46. The van der Waals surface area contributed by atoms with Gasteiger partial charge in [0.15, 0.2) is 0 Å². The highest BCUT2D eigenvalue weighted by Crippen LogP contribution is 2.57. The number of nitriles is 1. The van der Waals surface area contributed by atoms with E-state index in [0.717, 1.165) is 66.6 Å². The smallest absolute Gasteiger partial charge is 0.121 e. The van der Waals surface area contributed by atoms with Crippen LogP contribution >= 0.6 is 0 Å². The molecule has 3 aliphatic heterocycles. The highest BCUT2D eigenvalue weighted by molar-refractivity contribution is 5.39. The first-order chi connectivity index (χ1) is 15.1. The van der Waals surface area contributed by atoms with E-state index in [9.17, 15) is 10.4 Å². The van der Waals surface area contributed by atoms with Gasteiger partial charge < -0.3 is 9.59 Å². The zero-order valence-electron chi connectivity index (χ0n) is 17.9. The standard InChI is InChI=1S/C28H29N2O/c29-21-23-8-7-9-24(20-23)22-30-17-14-27(15-18-30,16-19-30)28(31,25-10-3-1-4-11-25)26-12-5-2-6-13-26/h1-13,20,31H,14-19,22H2/q+1. The van der Waals surface area contributed by atoms with E-state index in [2.05, 4.69) is 36.4 Å². The van der Waals surface area contributed by atoms with Gasteiger partial charge in [-0.3, -0.25) is 0 Å². The van der Waals surface area contributed by atoms with Crippen LogP contribution in [0.4, 0.5) is 0 Å². The monoisotopic (exact) mass is 409 g/mol. The summed E-state index contributed by atoms with van der Waals surface area (Å²) in [5, 5.41) is 21.7. The molecule has 3 aliphatic rings. The van der Waals surface area contributed by atoms with E-state index in [4.69, 9.17) is 0 Å². The van der Waals surface area contributed by atoms with Crippen molar-refractivity contribution < 1.29 is 9.59 Å². The third-order valence-electron chi connectivity index (χ3n) is 7.92. The van der Waals surface area contributed by atoms with Gasteiger partial charge in [-0.15, -0.1) is 0 Å². The van der Waals surface area contributed by atoms with E-state index in [1.165, 1.54) is 5.56 Å². The van der Waals surface area contributed by atoms with Crippen LogP contribution in [0.1, 0.15) is 41.5 Å². The summed E-state index contributed by atoms with van der Waals surface area (Å²) in [6.07, 6.45) is 3.02. The molecule has 0 saturated carbocycles. The summed E-state index contributed by atoms with van der Waals surface area (Å²) >= 11 is 0. The summed E-state index contributed by atoms with van der Waals surface area (Å²) in [5.74, 6) is 0. The van der Waals surface area contributed by atoms with Gasteiger partial charge in [0.05, 0.1) is 31.3 Å². The van der Waals surface area contributed by atoms with Gasteiger partial charge in [0.1, 0.15) is 12.1 Å². The van der Waals surface area contributed by atoms with E-state index >= 15 is 0 Å². The molecule has 3 nitrogen and oxygen atoms in total. The summed E-state index contributed by atoms with van der Waals surface area (Å²) < 4.78 is 1.07. The molecular formula is C28H29N2O+. The van der Waals surface area contributed by atoms with Crippen LogP contribution in [0.2, 0.25) is 0 Å². The lowest BCUT2D eigenvalue weighted by Gasteiger charge is -2.60. The van der Waals surface area contributed by atoms with E-state index in [1.807, 2.05) is 54.6 Å². The average Bonchev–Trinajstić information content (AvgIpc) is 2.85. The molecule has 0 atom stereocenters. The van der Waals surface area contributed by atoms with Gasteiger partial charge in [-0.2, -0.15) is 5.26 Å². The van der Waals surface area contributed by atoms with Crippen LogP contribution in [-0.2, 0) is 12.1 Å². The Hall–Kier alpha value is -2.93. The molecule has 6 rings (SSSR count). The molecule has 0 amide bonds. The summed E-state index contributed by atoms with van der Waals surface area (Å²) in [7, 11) is 0. The van der Waals surface area contributed by atoms with Crippen molar-refractivity contribution in [2.45, 2.75) is 31.4 Å². The molecule has 3 saturated heterocycles. The number of aliphatic hydroxyl groups is 1. The molecule has 1 N–H and O–H groups in total. The second-order valence-corrected chi connectivity index (χ2v) is 9.46. The zero-order valence-corrected chi connectivity index (χ0v) is 17.9. The fourth-order valence-corrected chi connectivity index (χ4v) is 6.11. The first-order valence-corrected chi connectivity index (χ1v) is 11.3. The van der Waals surface area contributed by atoms with Gasteiger partial charge in [-0.05, 0) is 23.3 Å². The molecule has 3 heterocycles. The van der Waals surface area contributed by atoms with E-state index in [0.29, 0.717) is 0 Å². The molecule has 0 spiro atoms. The summed E-state index contributed by atoms with van der Waals surface area (Å²) in [4.78, 5) is 0. The minimum Gasteiger partial charge on any atom is -0.380 e. The molecule has 2 bridgehead atoms. The molecule has 3 heteroatoms. The van der Waals surface area contributed by atoms with E-state index < -0.39 is 5.60 Å². The fourth-order valence-electron chi connectivity index (χ4n) is 6.11. The highest BCUT2D eigenvalue weighted by Gasteiger charge is 2.60. The largest absolute Gasteiger partial charge is 0.380 e. The Labute approximate surface area is 184 Å². The predicted molar refractivity (Wildman–Crippen MR) is 122 cm³/mol. The maximum atomic E-state index is 12.5. The normalized spacial score (nSPS) is 25.2. The van der Waals surface area contributed by atoms with Gasteiger partial charge in [0.25, 0.3) is 0 Å². The van der Waals surface area contributed by atoms with Crippen LogP contribution in [-0.4, -0.2) is 29.2 Å². The SMILES string of the molecule is N#Cc1cccc(C[N+]23CCC(C(O)(c4ccccc4)c4ccccc4)(CC2)CC3)c1. The van der Waals surface area contributed by atoms with Crippen molar-refractivity contribution in [1.82, 2.24) is 0 Å². The summed E-state index contributed by atoms with van der Waals surface area (Å²) in [6.45, 7) is 4.18. The lowest BCUT2D eigenvalue weighted by Crippen LogP contribution is -2.66. The van der Waals surface area contributed by atoms with Crippen molar-refractivity contribution in [2.24, 2.45) is 5.41 Å². The predicted octanol–water partition coefficient (Wildman–Crippen LogP) is 5.00. The number of hydrogen-bond acceptors (Lipinski definition) is 2. The molecule has 3 fully saturated rings. The van der Waals surface area contributed by atoms with Gasteiger partial charge in [0, 0.05) is 30.2 Å². The molecule has 31 heavy (non-hydrogen) atoms. The van der Waals surface area contributed by atoms with Crippen molar-refractivity contribution >= 4 is 0 Å². The molecule has 3 aromatic rings. The van der Waals surface area contributed by atoms with Crippen molar-refractivity contribution in [3.63, 3.8) is 0 Å². The van der Waals surface area contributed by atoms with Gasteiger partial charge >= 0.3 is 0 Å². The topological polar surface area (TPSA) is 44.0 Å². The van der Waals surface area contributed by atoms with Gasteiger partial charge in [-0.1, -0.05) is 72.8 Å². The summed E-state index contributed by atoms with van der Waals surface area (Å²) in [6, 6.07) is 30.8. The lowest BCUT2D eigenvalue weighted by atomic mass is 9.56. The van der Waals surface area contributed by atoms with Crippen LogP contribution in [0.15, 0.2) is 84.9 Å². The minimum atomic E-state index is -0.979. The van der Waals surface area contributed by atoms with Crippen molar-refractivity contribution in [1.29, 1.82) is 5.26 Å². The van der Waals surface area contributed by atoms with Crippen LogP contribution in [0.25, 0.3) is 0 Å². The Kier molecular flexibility index (Phi) is 4.93. The Balaban J connectivity index is 1.47. The van der Waals surface area contributed by atoms with E-state index in [-0.39, 0.29) is 5.41 Å². The molecular weight excluding hydrogens is 380 g/mol. The number of hydrogen-bond donors (Lipinski definition) is 1. The number of rotatable bonds is 5. The van der Waals surface area contributed by atoms with Crippen molar-refractivity contribution in [3.05, 3.63) is 107 Å². The van der Waals surface area contributed by atoms with Gasteiger partial charge in [-0.25, -0.2) is 0 Å². The highest BCUT2D eigenvalue weighted by atomic mass is 16.3. The number of benzene rings is 3. The van der Waals surface area contributed by atoms with Crippen molar-refractivity contribution in [3.8, 4) is 6.07 Å². The van der Waals surface area contributed by atoms with Crippen LogP contribution in [0.5, 0.6) is 0 Å². The molecule has 0 radical (unpaired) electrons. The third kappa shape index (κ3) is 3.28. The van der Waals surface area contributed by atoms with E-state index in [1.54, 1.807) is 0 Å². The lowest BCUT2D eigenvalue weighted by molar-refractivity contribution is -0.958. The third-order valence-corrected chi connectivity index (χ3v) is 7.92. The second kappa shape index (κ2) is 7.64. The Morgan fingerprint density at radius 2 is 1.35 bits per heavy atom. The minimum absolute atomic E-state index is 0.149. The maximum Gasteiger partial charge on any atom is 0.121 e. The Morgan fingerprint density at radius 1 is 0.806 bits per heavy atom. The van der Waals surface area contributed by atoms with Crippen LogP contribution < -0.4 is 0 Å². The maximum absolute atomic E-state index is 12.5. The molecule has 156 valence electrons. The Bertz CT molecular complexity index is 1040. The Morgan fingerprint density at radius 3 is 1.87 bits per heavy atom. The number of quaternary nitrogens is 1. The quantitative estimate of drug-likeness (QED) is 0.603. The number of nitrogens with zero attached hydrogens (tertiary/aromatic N) is 2. The molecule has 0 aliphatic carbocycles. The van der Waals surface area contributed by atoms with Crippen LogP contribution in [0, 0.1) is 16.7 Å².